The van der Waals surface area contributed by atoms with Crippen LogP contribution in [0.2, 0.25) is 0 Å². The number of sulfonamides is 1. The lowest BCUT2D eigenvalue weighted by Crippen LogP contribution is -2.37. The number of benzene rings is 2. The Hall–Kier alpha value is -2.10. The fourth-order valence-electron chi connectivity index (χ4n) is 2.41. The van der Waals surface area contributed by atoms with E-state index in [1.165, 1.54) is 12.1 Å². The first-order valence-corrected chi connectivity index (χ1v) is 9.27. The first-order chi connectivity index (χ1) is 12.2. The van der Waals surface area contributed by atoms with Crippen LogP contribution in [0.1, 0.15) is 5.56 Å². The normalized spacial score (nSPS) is 12.3. The van der Waals surface area contributed by atoms with Gasteiger partial charge in [-0.05, 0) is 24.1 Å². The Morgan fingerprint density at radius 2 is 1.58 bits per heavy atom. The predicted molar refractivity (Wildman–Crippen MR) is 91.1 cm³/mol. The molecule has 9 heteroatoms. The zero-order valence-electron chi connectivity index (χ0n) is 13.8. The lowest BCUT2D eigenvalue weighted by Gasteiger charge is -2.23. The zero-order valence-corrected chi connectivity index (χ0v) is 14.6. The smallest absolute Gasteiger partial charge is 0.404 e. The molecule has 0 radical (unpaired) electrons. The van der Waals surface area contributed by atoms with Crippen LogP contribution in [-0.2, 0) is 16.4 Å². The van der Waals surface area contributed by atoms with E-state index < -0.39 is 27.0 Å². The molecule has 0 heterocycles. The monoisotopic (exact) mass is 388 g/mol. The number of alkyl halides is 3. The zero-order chi connectivity index (χ0) is 19.2. The van der Waals surface area contributed by atoms with Crippen molar-refractivity contribution in [2.24, 2.45) is 5.73 Å². The van der Waals surface area contributed by atoms with Crippen molar-refractivity contribution in [2.45, 2.75) is 17.7 Å². The number of hydrogen-bond acceptors (Lipinski definition) is 4. The molecule has 2 aromatic rings. The largest absolute Gasteiger partial charge is 0.573 e. The van der Waals surface area contributed by atoms with Crippen LogP contribution in [0.4, 0.5) is 13.2 Å². The van der Waals surface area contributed by atoms with Gasteiger partial charge < -0.3 is 10.5 Å². The fourth-order valence-corrected chi connectivity index (χ4v) is 3.98. The second kappa shape index (κ2) is 8.52. The molecule has 2 rings (SSSR count). The number of nitrogens with two attached hydrogens (primary N) is 1. The van der Waals surface area contributed by atoms with Crippen LogP contribution >= 0.6 is 0 Å². The van der Waals surface area contributed by atoms with Crippen molar-refractivity contribution in [3.05, 3.63) is 60.2 Å². The topological polar surface area (TPSA) is 72.6 Å². The molecule has 0 atom stereocenters. The van der Waals surface area contributed by atoms with Gasteiger partial charge in [-0.3, -0.25) is 0 Å². The van der Waals surface area contributed by atoms with E-state index in [0.29, 0.717) is 6.42 Å². The van der Waals surface area contributed by atoms with Crippen molar-refractivity contribution in [1.29, 1.82) is 0 Å². The van der Waals surface area contributed by atoms with Gasteiger partial charge in [0.05, 0.1) is 0 Å². The summed E-state index contributed by atoms with van der Waals surface area (Å²) in [5.41, 5.74) is 6.40. The Labute approximate surface area is 150 Å². The molecule has 0 saturated heterocycles. The molecule has 0 aromatic heterocycles. The molecular formula is C17H19F3N2O3S. The Balaban J connectivity index is 2.29. The molecule has 142 valence electrons. The Bertz CT molecular complexity index is 812. The van der Waals surface area contributed by atoms with E-state index in [-0.39, 0.29) is 19.6 Å². The quantitative estimate of drug-likeness (QED) is 0.755. The average Bonchev–Trinajstić information content (AvgIpc) is 2.58. The number of nitrogens with zero attached hydrogens (tertiary/aromatic N) is 1. The van der Waals surface area contributed by atoms with Crippen molar-refractivity contribution in [3.63, 3.8) is 0 Å². The third kappa shape index (κ3) is 5.45. The number of ether oxygens (including phenoxy) is 1. The molecule has 0 amide bonds. The summed E-state index contributed by atoms with van der Waals surface area (Å²) < 4.78 is 68.4. The number of halogens is 3. The number of para-hydroxylation sites is 1. The second-order valence-electron chi connectivity index (χ2n) is 5.42. The molecule has 0 bridgehead atoms. The van der Waals surface area contributed by atoms with Crippen molar-refractivity contribution in [3.8, 4) is 5.75 Å². The van der Waals surface area contributed by atoms with Crippen LogP contribution < -0.4 is 10.5 Å². The van der Waals surface area contributed by atoms with E-state index in [4.69, 9.17) is 5.73 Å². The van der Waals surface area contributed by atoms with Crippen LogP contribution in [0, 0.1) is 0 Å². The van der Waals surface area contributed by atoms with Crippen molar-refractivity contribution >= 4 is 10.0 Å². The Morgan fingerprint density at radius 1 is 0.962 bits per heavy atom. The molecule has 0 fully saturated rings. The minimum absolute atomic E-state index is 0.0183. The molecule has 26 heavy (non-hydrogen) atoms. The van der Waals surface area contributed by atoms with Crippen molar-refractivity contribution in [2.75, 3.05) is 19.6 Å². The Kier molecular flexibility index (Phi) is 6.63. The third-order valence-corrected chi connectivity index (χ3v) is 5.50. The summed E-state index contributed by atoms with van der Waals surface area (Å²) in [5.74, 6) is -0.762. The number of hydrogen-bond donors (Lipinski definition) is 1. The van der Waals surface area contributed by atoms with Gasteiger partial charge in [0.15, 0.2) is 0 Å². The average molecular weight is 388 g/mol. The molecule has 0 aliphatic rings. The van der Waals surface area contributed by atoms with E-state index >= 15 is 0 Å². The molecule has 2 aromatic carbocycles. The van der Waals surface area contributed by atoms with Gasteiger partial charge in [-0.15, -0.1) is 13.2 Å². The third-order valence-electron chi connectivity index (χ3n) is 3.56. The van der Waals surface area contributed by atoms with Gasteiger partial charge >= 0.3 is 6.36 Å². The van der Waals surface area contributed by atoms with Gasteiger partial charge in [-0.25, -0.2) is 8.42 Å². The van der Waals surface area contributed by atoms with Crippen molar-refractivity contribution in [1.82, 2.24) is 4.31 Å². The maximum absolute atomic E-state index is 12.9. The van der Waals surface area contributed by atoms with Crippen molar-refractivity contribution < 1.29 is 26.3 Å². The summed E-state index contributed by atoms with van der Waals surface area (Å²) in [5, 5.41) is 0. The predicted octanol–water partition coefficient (Wildman–Crippen LogP) is 2.78. The molecule has 0 unspecified atom stereocenters. The van der Waals surface area contributed by atoms with Gasteiger partial charge in [0.1, 0.15) is 10.6 Å². The van der Waals surface area contributed by atoms with E-state index in [9.17, 15) is 21.6 Å². The van der Waals surface area contributed by atoms with E-state index in [2.05, 4.69) is 4.74 Å². The summed E-state index contributed by atoms with van der Waals surface area (Å²) >= 11 is 0. The first kappa shape index (κ1) is 20.2. The molecule has 0 saturated carbocycles. The highest BCUT2D eigenvalue weighted by molar-refractivity contribution is 7.89. The fraction of sp³-hybridized carbons (Fsp3) is 0.294. The minimum atomic E-state index is -4.99. The van der Waals surface area contributed by atoms with E-state index in [1.54, 1.807) is 0 Å². The van der Waals surface area contributed by atoms with Crippen LogP contribution in [0.25, 0.3) is 0 Å². The standard InChI is InChI=1S/C17H19F3N2O3S/c18-17(19,20)25-15-8-4-5-9-16(15)26(23,24)22(13-11-21)12-10-14-6-2-1-3-7-14/h1-9H,10-13,21H2. The van der Waals surface area contributed by atoms with Gasteiger partial charge in [0, 0.05) is 19.6 Å². The highest BCUT2D eigenvalue weighted by Crippen LogP contribution is 2.31. The van der Waals surface area contributed by atoms with Crippen LogP contribution in [-0.4, -0.2) is 38.7 Å². The lowest BCUT2D eigenvalue weighted by atomic mass is 10.1. The van der Waals surface area contributed by atoms with Gasteiger partial charge in [-0.1, -0.05) is 42.5 Å². The molecule has 2 N–H and O–H groups in total. The van der Waals surface area contributed by atoms with Crippen LogP contribution in [0.15, 0.2) is 59.5 Å². The van der Waals surface area contributed by atoms with Crippen LogP contribution in [0.5, 0.6) is 5.75 Å². The van der Waals surface area contributed by atoms with Gasteiger partial charge in [0.2, 0.25) is 10.0 Å². The molecule has 5 nitrogen and oxygen atoms in total. The summed E-state index contributed by atoms with van der Waals surface area (Å²) in [6.07, 6.45) is -4.59. The summed E-state index contributed by atoms with van der Waals surface area (Å²) in [6, 6.07) is 13.8. The maximum atomic E-state index is 12.9. The van der Waals surface area contributed by atoms with Gasteiger partial charge in [-0.2, -0.15) is 4.31 Å². The molecule has 0 spiro atoms. The first-order valence-electron chi connectivity index (χ1n) is 7.83. The molecule has 0 aliphatic carbocycles. The molecule has 0 aliphatic heterocycles. The van der Waals surface area contributed by atoms with E-state index in [0.717, 1.165) is 22.0 Å². The van der Waals surface area contributed by atoms with Gasteiger partial charge in [0.25, 0.3) is 0 Å². The minimum Gasteiger partial charge on any atom is -0.404 e. The lowest BCUT2D eigenvalue weighted by molar-refractivity contribution is -0.275. The SMILES string of the molecule is NCCN(CCc1ccccc1)S(=O)(=O)c1ccccc1OC(F)(F)F. The summed E-state index contributed by atoms with van der Waals surface area (Å²) in [6.45, 7) is 0.107. The maximum Gasteiger partial charge on any atom is 0.573 e. The summed E-state index contributed by atoms with van der Waals surface area (Å²) in [4.78, 5) is -0.543. The second-order valence-corrected chi connectivity index (χ2v) is 7.33. The number of rotatable bonds is 8. The molecular weight excluding hydrogens is 369 g/mol. The van der Waals surface area contributed by atoms with E-state index in [1.807, 2.05) is 30.3 Å². The summed E-state index contributed by atoms with van der Waals surface area (Å²) in [7, 11) is -4.21. The highest BCUT2D eigenvalue weighted by atomic mass is 32.2. The Morgan fingerprint density at radius 3 is 2.19 bits per heavy atom. The highest BCUT2D eigenvalue weighted by Gasteiger charge is 2.35. The van der Waals surface area contributed by atoms with Crippen LogP contribution in [0.3, 0.4) is 0 Å².